The molecule has 0 unspecified atom stereocenters. The second kappa shape index (κ2) is 11.7. The largest absolute Gasteiger partial charge is 0.418 e. The van der Waals surface area contributed by atoms with Gasteiger partial charge in [-0.3, -0.25) is 0 Å². The zero-order valence-electron chi connectivity index (χ0n) is 26.8. The Balaban J connectivity index is 1.03. The second-order valence-corrected chi connectivity index (χ2v) is 12.1. The molecule has 6 heterocycles. The molecule has 0 N–H and O–H groups in total. The molecule has 0 aliphatic heterocycles. The Labute approximate surface area is 290 Å². The van der Waals surface area contributed by atoms with E-state index in [1.165, 1.54) is 0 Å². The van der Waals surface area contributed by atoms with Gasteiger partial charge in [-0.2, -0.15) is 0 Å². The predicted octanol–water partition coefficient (Wildman–Crippen LogP) is 10.3. The van der Waals surface area contributed by atoms with Gasteiger partial charge in [0.05, 0.1) is 0 Å². The fourth-order valence-electron chi connectivity index (χ4n) is 6.22. The van der Waals surface area contributed by atoms with Crippen LogP contribution >= 0.6 is 0 Å². The minimum absolute atomic E-state index is 0.520. The van der Waals surface area contributed by atoms with Crippen LogP contribution in [-0.2, 0) is 0 Å². The van der Waals surface area contributed by atoms with E-state index in [9.17, 15) is 0 Å². The number of hydrogen-bond donors (Lipinski definition) is 0. The molecule has 4 aromatic carbocycles. The molecule has 51 heavy (non-hydrogen) atoms. The van der Waals surface area contributed by atoms with Gasteiger partial charge in [0.2, 0.25) is 34.8 Å². The topological polar surface area (TPSA) is 117 Å². The number of aromatic nitrogens is 6. The molecule has 0 fully saturated rings. The van der Waals surface area contributed by atoms with Crippen molar-refractivity contribution in [1.82, 2.24) is 29.9 Å². The van der Waals surface area contributed by atoms with Crippen molar-refractivity contribution in [2.75, 3.05) is 0 Å². The third-order valence-corrected chi connectivity index (χ3v) is 8.83. The lowest BCUT2D eigenvalue weighted by Crippen LogP contribution is -1.88. The lowest BCUT2D eigenvalue weighted by molar-refractivity contribution is 0.607. The Morgan fingerprint density at radius 1 is 0.294 bits per heavy atom. The van der Waals surface area contributed by atoms with Crippen molar-refractivity contribution in [2.45, 2.75) is 0 Å². The van der Waals surface area contributed by atoms with Crippen molar-refractivity contribution in [3.63, 3.8) is 0 Å². The van der Waals surface area contributed by atoms with Crippen molar-refractivity contribution in [2.24, 2.45) is 0 Å². The molecule has 0 aliphatic carbocycles. The molecule has 0 bridgehead atoms. The summed E-state index contributed by atoms with van der Waals surface area (Å²) in [6.45, 7) is 0. The van der Waals surface area contributed by atoms with Gasteiger partial charge in [0.25, 0.3) is 0 Å². The lowest BCUT2D eigenvalue weighted by Gasteiger charge is -2.12. The van der Waals surface area contributed by atoms with Crippen molar-refractivity contribution in [1.29, 1.82) is 0 Å². The smallest absolute Gasteiger partial charge is 0.247 e. The standard InChI is InChI=1S/C42H24N6O3/c1-4-34-40(43-19-1)49-37(46-34)28-13-7-25(8-14-28)31-22-32(26-9-15-29(16-10-26)38-47-35-5-2-20-44-41(35)50-38)24-33(23-31)27-11-17-30(18-12-27)39-48-36-6-3-21-45-42(36)51-39/h1-24H. The van der Waals surface area contributed by atoms with Gasteiger partial charge in [-0.1, -0.05) is 36.4 Å². The van der Waals surface area contributed by atoms with Crippen molar-refractivity contribution >= 4 is 33.7 Å². The van der Waals surface area contributed by atoms with Crippen LogP contribution in [0, 0.1) is 0 Å². The molecule has 0 aliphatic rings. The lowest BCUT2D eigenvalue weighted by atomic mass is 9.92. The summed E-state index contributed by atoms with van der Waals surface area (Å²) in [4.78, 5) is 26.7. The Bertz CT molecular complexity index is 2430. The molecule has 9 nitrogen and oxygen atoms in total. The summed E-state index contributed by atoms with van der Waals surface area (Å²) < 4.78 is 17.8. The van der Waals surface area contributed by atoms with E-state index in [1.54, 1.807) is 18.6 Å². The highest BCUT2D eigenvalue weighted by Gasteiger charge is 2.14. The molecule has 0 spiro atoms. The summed E-state index contributed by atoms with van der Waals surface area (Å²) in [5.74, 6) is 1.61. The fourth-order valence-corrected chi connectivity index (χ4v) is 6.22. The summed E-state index contributed by atoms with van der Waals surface area (Å²) in [5, 5.41) is 0. The molecular formula is C42H24N6O3. The third kappa shape index (κ3) is 5.30. The normalized spacial score (nSPS) is 11.5. The average Bonchev–Trinajstić information content (AvgIpc) is 3.95. The first-order chi connectivity index (χ1) is 25.2. The molecule has 6 aromatic heterocycles. The zero-order chi connectivity index (χ0) is 33.7. The molecule has 9 heteroatoms. The van der Waals surface area contributed by atoms with Gasteiger partial charge in [0.15, 0.2) is 0 Å². The molecule has 10 rings (SSSR count). The molecular weight excluding hydrogens is 637 g/mol. The molecule has 0 amide bonds. The molecule has 240 valence electrons. The third-order valence-electron chi connectivity index (χ3n) is 8.83. The van der Waals surface area contributed by atoms with Crippen LogP contribution in [0.4, 0.5) is 0 Å². The van der Waals surface area contributed by atoms with Crippen molar-refractivity contribution in [3.05, 3.63) is 146 Å². The number of hydrogen-bond acceptors (Lipinski definition) is 9. The quantitative estimate of drug-likeness (QED) is 0.172. The molecule has 10 aromatic rings. The Morgan fingerprint density at radius 2 is 0.569 bits per heavy atom. The van der Waals surface area contributed by atoms with Crippen LogP contribution in [0.5, 0.6) is 0 Å². The predicted molar refractivity (Wildman–Crippen MR) is 195 cm³/mol. The fraction of sp³-hybridized carbons (Fsp3) is 0. The number of fused-ring (bicyclic) bond motifs is 3. The maximum atomic E-state index is 5.92. The molecule has 0 saturated heterocycles. The van der Waals surface area contributed by atoms with Crippen LogP contribution in [0.15, 0.2) is 159 Å². The second-order valence-electron chi connectivity index (χ2n) is 12.1. The Hall–Kier alpha value is -7.26. The summed E-state index contributed by atoms with van der Waals surface area (Å²) in [6, 6.07) is 42.6. The molecule has 0 radical (unpaired) electrons. The number of benzene rings is 4. The van der Waals surface area contributed by atoms with Crippen LogP contribution in [0.25, 0.3) is 101 Å². The minimum atomic E-state index is 0.520. The van der Waals surface area contributed by atoms with Gasteiger partial charge in [0, 0.05) is 35.3 Å². The van der Waals surface area contributed by atoms with E-state index in [0.29, 0.717) is 34.8 Å². The first-order valence-corrected chi connectivity index (χ1v) is 16.3. The summed E-state index contributed by atoms with van der Waals surface area (Å²) in [7, 11) is 0. The van der Waals surface area contributed by atoms with Crippen LogP contribution in [-0.4, -0.2) is 29.9 Å². The highest BCUT2D eigenvalue weighted by Crippen LogP contribution is 2.36. The van der Waals surface area contributed by atoms with E-state index >= 15 is 0 Å². The highest BCUT2D eigenvalue weighted by atomic mass is 16.4. The van der Waals surface area contributed by atoms with Gasteiger partial charge in [-0.15, -0.1) is 0 Å². The SMILES string of the molecule is c1cnc2oc(-c3ccc(-c4cc(-c5ccc(-c6nc7cccnc7o6)cc5)cc(-c5ccc(-c6nc7cccnc7o6)cc5)c4)cc3)nc2c1. The summed E-state index contributed by atoms with van der Waals surface area (Å²) in [5.41, 5.74) is 12.7. The van der Waals surface area contributed by atoms with Crippen LogP contribution < -0.4 is 0 Å². The number of oxazole rings is 3. The van der Waals surface area contributed by atoms with E-state index in [2.05, 4.69) is 84.5 Å². The summed E-state index contributed by atoms with van der Waals surface area (Å²) >= 11 is 0. The van der Waals surface area contributed by atoms with Crippen molar-refractivity contribution in [3.8, 4) is 67.7 Å². The zero-order valence-corrected chi connectivity index (χ0v) is 26.8. The first-order valence-electron chi connectivity index (χ1n) is 16.3. The highest BCUT2D eigenvalue weighted by molar-refractivity contribution is 5.83. The number of rotatable bonds is 6. The summed E-state index contributed by atoms with van der Waals surface area (Å²) in [6.07, 6.45) is 5.10. The molecule has 0 atom stereocenters. The van der Waals surface area contributed by atoms with E-state index in [4.69, 9.17) is 13.3 Å². The van der Waals surface area contributed by atoms with E-state index in [1.807, 2.05) is 72.8 Å². The van der Waals surface area contributed by atoms with Crippen molar-refractivity contribution < 1.29 is 13.3 Å². The Morgan fingerprint density at radius 3 is 0.843 bits per heavy atom. The Kier molecular flexibility index (Phi) is 6.60. The maximum absolute atomic E-state index is 5.92. The van der Waals surface area contributed by atoms with E-state index in [-0.39, 0.29) is 0 Å². The van der Waals surface area contributed by atoms with Gasteiger partial charge in [0.1, 0.15) is 16.6 Å². The van der Waals surface area contributed by atoms with E-state index in [0.717, 1.165) is 66.6 Å². The number of pyridine rings is 3. The molecule has 0 saturated carbocycles. The van der Waals surface area contributed by atoms with E-state index < -0.39 is 0 Å². The van der Waals surface area contributed by atoms with Crippen LogP contribution in [0.3, 0.4) is 0 Å². The maximum Gasteiger partial charge on any atom is 0.247 e. The van der Waals surface area contributed by atoms with Gasteiger partial charge in [-0.05, 0) is 124 Å². The van der Waals surface area contributed by atoms with Crippen LogP contribution in [0.1, 0.15) is 0 Å². The van der Waals surface area contributed by atoms with Gasteiger partial charge in [-0.25, -0.2) is 29.9 Å². The monoisotopic (exact) mass is 660 g/mol. The van der Waals surface area contributed by atoms with Gasteiger partial charge >= 0.3 is 0 Å². The first kappa shape index (κ1) is 28.7. The average molecular weight is 661 g/mol. The number of nitrogens with zero attached hydrogens (tertiary/aromatic N) is 6. The minimum Gasteiger partial charge on any atom is -0.418 e. The van der Waals surface area contributed by atoms with Crippen LogP contribution in [0.2, 0.25) is 0 Å². The van der Waals surface area contributed by atoms with Gasteiger partial charge < -0.3 is 13.3 Å².